The van der Waals surface area contributed by atoms with E-state index in [9.17, 15) is 14.0 Å². The first-order chi connectivity index (χ1) is 11.5. The third-order valence-corrected chi connectivity index (χ3v) is 4.29. The van der Waals surface area contributed by atoms with Gasteiger partial charge < -0.3 is 10.2 Å². The molecular weight excluding hydrogens is 307 g/mol. The predicted molar refractivity (Wildman–Crippen MR) is 89.9 cm³/mol. The lowest BCUT2D eigenvalue weighted by Crippen LogP contribution is -2.34. The molecule has 2 atom stereocenters. The molecule has 1 fully saturated rings. The van der Waals surface area contributed by atoms with Crippen molar-refractivity contribution < 1.29 is 14.0 Å². The van der Waals surface area contributed by atoms with E-state index < -0.39 is 5.92 Å². The number of nitrogens with one attached hydrogen (secondary N) is 1. The van der Waals surface area contributed by atoms with E-state index in [1.807, 2.05) is 37.3 Å². The highest BCUT2D eigenvalue weighted by Crippen LogP contribution is 2.26. The lowest BCUT2D eigenvalue weighted by atomic mass is 10.1. The Balaban J connectivity index is 1.64. The second-order valence-corrected chi connectivity index (χ2v) is 6.02. The van der Waals surface area contributed by atoms with Gasteiger partial charge in [-0.15, -0.1) is 0 Å². The van der Waals surface area contributed by atoms with Crippen LogP contribution in [0.25, 0.3) is 0 Å². The minimum absolute atomic E-state index is 0.117. The quantitative estimate of drug-likeness (QED) is 0.939. The number of benzene rings is 2. The summed E-state index contributed by atoms with van der Waals surface area (Å²) in [4.78, 5) is 26.2. The molecule has 1 saturated heterocycles. The van der Waals surface area contributed by atoms with Gasteiger partial charge >= 0.3 is 0 Å². The molecule has 0 aliphatic carbocycles. The Labute approximate surface area is 140 Å². The fourth-order valence-electron chi connectivity index (χ4n) is 2.91. The number of hydrogen-bond donors (Lipinski definition) is 1. The van der Waals surface area contributed by atoms with E-state index in [2.05, 4.69) is 5.32 Å². The van der Waals surface area contributed by atoms with E-state index >= 15 is 0 Å². The number of hydrogen-bond acceptors (Lipinski definition) is 2. The molecule has 1 heterocycles. The summed E-state index contributed by atoms with van der Waals surface area (Å²) in [5.74, 6) is -0.997. The van der Waals surface area contributed by atoms with E-state index in [4.69, 9.17) is 0 Å². The van der Waals surface area contributed by atoms with E-state index in [-0.39, 0.29) is 30.1 Å². The van der Waals surface area contributed by atoms with Crippen LogP contribution >= 0.6 is 0 Å². The maximum Gasteiger partial charge on any atom is 0.227 e. The number of anilines is 1. The summed E-state index contributed by atoms with van der Waals surface area (Å²) >= 11 is 0. The Bertz CT molecular complexity index is 731. The molecule has 124 valence electrons. The number of carbonyl (C=O) groups excluding carboxylic acids is 2. The molecule has 0 spiro atoms. The molecule has 4 nitrogen and oxygen atoms in total. The summed E-state index contributed by atoms with van der Waals surface area (Å²) < 4.78 is 13.0. The van der Waals surface area contributed by atoms with E-state index in [1.54, 1.807) is 12.1 Å². The molecule has 5 heteroatoms. The second-order valence-electron chi connectivity index (χ2n) is 6.02. The van der Waals surface area contributed by atoms with Gasteiger partial charge in [0.2, 0.25) is 11.8 Å². The van der Waals surface area contributed by atoms with Crippen molar-refractivity contribution >= 4 is 17.5 Å². The van der Waals surface area contributed by atoms with Crippen molar-refractivity contribution in [2.75, 3.05) is 11.4 Å². The topological polar surface area (TPSA) is 49.4 Å². The fraction of sp³-hybridized carbons (Fsp3) is 0.263. The molecule has 2 amide bonds. The number of nitrogens with zero attached hydrogens (tertiary/aromatic N) is 1. The Morgan fingerprint density at radius 1 is 1.17 bits per heavy atom. The molecule has 1 aliphatic heterocycles. The highest BCUT2D eigenvalue weighted by Gasteiger charge is 2.35. The van der Waals surface area contributed by atoms with Crippen molar-refractivity contribution in [3.63, 3.8) is 0 Å². The minimum Gasteiger partial charge on any atom is -0.349 e. The molecule has 2 aromatic rings. The van der Waals surface area contributed by atoms with Crippen LogP contribution in [0.15, 0.2) is 54.6 Å². The molecule has 1 N–H and O–H groups in total. The van der Waals surface area contributed by atoms with Crippen LogP contribution in [0.3, 0.4) is 0 Å². The minimum atomic E-state index is -0.395. The van der Waals surface area contributed by atoms with Crippen molar-refractivity contribution in [2.45, 2.75) is 19.4 Å². The van der Waals surface area contributed by atoms with Crippen LogP contribution in [-0.2, 0) is 9.59 Å². The van der Waals surface area contributed by atoms with Gasteiger partial charge in [-0.05, 0) is 36.8 Å². The zero-order valence-electron chi connectivity index (χ0n) is 13.4. The van der Waals surface area contributed by atoms with Gasteiger partial charge in [0, 0.05) is 18.7 Å². The zero-order chi connectivity index (χ0) is 17.1. The van der Waals surface area contributed by atoms with Crippen molar-refractivity contribution in [2.24, 2.45) is 5.92 Å². The highest BCUT2D eigenvalue weighted by molar-refractivity contribution is 6.00. The van der Waals surface area contributed by atoms with Crippen LogP contribution in [0.5, 0.6) is 0 Å². The molecule has 0 saturated carbocycles. The van der Waals surface area contributed by atoms with Gasteiger partial charge in [0.15, 0.2) is 0 Å². The largest absolute Gasteiger partial charge is 0.349 e. The van der Waals surface area contributed by atoms with E-state index in [0.717, 1.165) is 5.56 Å². The van der Waals surface area contributed by atoms with E-state index in [1.165, 1.54) is 17.0 Å². The zero-order valence-corrected chi connectivity index (χ0v) is 13.4. The number of rotatable bonds is 4. The van der Waals surface area contributed by atoms with Crippen LogP contribution in [0.2, 0.25) is 0 Å². The highest BCUT2D eigenvalue weighted by atomic mass is 19.1. The van der Waals surface area contributed by atoms with Gasteiger partial charge in [0.05, 0.1) is 12.0 Å². The van der Waals surface area contributed by atoms with Crippen LogP contribution in [0.1, 0.15) is 24.9 Å². The average Bonchev–Trinajstić information content (AvgIpc) is 2.98. The first-order valence-corrected chi connectivity index (χ1v) is 7.96. The average molecular weight is 326 g/mol. The third-order valence-electron chi connectivity index (χ3n) is 4.29. The maximum atomic E-state index is 13.0. The van der Waals surface area contributed by atoms with E-state index in [0.29, 0.717) is 12.2 Å². The summed E-state index contributed by atoms with van der Waals surface area (Å²) in [7, 11) is 0. The summed E-state index contributed by atoms with van der Waals surface area (Å²) in [6.07, 6.45) is 0.171. The molecular formula is C19H19FN2O2. The van der Waals surface area contributed by atoms with Crippen molar-refractivity contribution in [3.8, 4) is 0 Å². The number of halogens is 1. The normalized spacial score (nSPS) is 18.5. The van der Waals surface area contributed by atoms with Gasteiger partial charge in [-0.3, -0.25) is 9.59 Å². The smallest absolute Gasteiger partial charge is 0.227 e. The van der Waals surface area contributed by atoms with Gasteiger partial charge in [0.1, 0.15) is 5.82 Å². The molecule has 0 unspecified atom stereocenters. The van der Waals surface area contributed by atoms with Crippen molar-refractivity contribution in [3.05, 3.63) is 66.0 Å². The summed E-state index contributed by atoms with van der Waals surface area (Å²) in [6.45, 7) is 2.24. The van der Waals surface area contributed by atoms with Crippen molar-refractivity contribution in [1.29, 1.82) is 0 Å². The Morgan fingerprint density at radius 3 is 2.50 bits per heavy atom. The van der Waals surface area contributed by atoms with Gasteiger partial charge in [-0.25, -0.2) is 4.39 Å². The number of carbonyl (C=O) groups is 2. The van der Waals surface area contributed by atoms with Crippen LogP contribution in [0.4, 0.5) is 10.1 Å². The van der Waals surface area contributed by atoms with Crippen molar-refractivity contribution in [1.82, 2.24) is 5.32 Å². The molecule has 2 aromatic carbocycles. The molecule has 24 heavy (non-hydrogen) atoms. The summed E-state index contributed by atoms with van der Waals surface area (Å²) in [6, 6.07) is 15.3. The van der Waals surface area contributed by atoms with Crippen LogP contribution in [-0.4, -0.2) is 18.4 Å². The number of amides is 2. The third kappa shape index (κ3) is 3.45. The first kappa shape index (κ1) is 16.2. The lowest BCUT2D eigenvalue weighted by Gasteiger charge is -2.19. The van der Waals surface area contributed by atoms with Gasteiger partial charge in [-0.1, -0.05) is 30.3 Å². The predicted octanol–water partition coefficient (Wildman–Crippen LogP) is 3.06. The Kier molecular flexibility index (Phi) is 4.60. The maximum absolute atomic E-state index is 13.0. The Hall–Kier alpha value is -2.69. The standard InChI is InChI=1S/C19H19FN2O2/c1-13(14-5-3-2-4-6-14)21-19(24)15-11-18(23)22(12-15)17-9-7-16(20)8-10-17/h2-10,13,15H,11-12H2,1H3,(H,21,24)/t13-,15-/m0/s1. The Morgan fingerprint density at radius 2 is 1.83 bits per heavy atom. The SMILES string of the molecule is C[C@H](NC(=O)[C@H]1CC(=O)N(c2ccc(F)cc2)C1)c1ccccc1. The second kappa shape index (κ2) is 6.83. The monoisotopic (exact) mass is 326 g/mol. The molecule has 0 bridgehead atoms. The summed E-state index contributed by atoms with van der Waals surface area (Å²) in [5.41, 5.74) is 1.64. The molecule has 0 aromatic heterocycles. The molecule has 1 aliphatic rings. The van der Waals surface area contributed by atoms with Gasteiger partial charge in [0.25, 0.3) is 0 Å². The first-order valence-electron chi connectivity index (χ1n) is 7.96. The summed E-state index contributed by atoms with van der Waals surface area (Å²) in [5, 5.41) is 2.96. The van der Waals surface area contributed by atoms with Gasteiger partial charge in [-0.2, -0.15) is 0 Å². The lowest BCUT2D eigenvalue weighted by molar-refractivity contribution is -0.126. The van der Waals surface area contributed by atoms with Crippen LogP contribution < -0.4 is 10.2 Å². The molecule has 3 rings (SSSR count). The van der Waals surface area contributed by atoms with Crippen LogP contribution in [0, 0.1) is 11.7 Å². The fourth-order valence-corrected chi connectivity index (χ4v) is 2.91. The molecule has 0 radical (unpaired) electrons.